The average Bonchev–Trinajstić information content (AvgIpc) is 2.60. The van der Waals surface area contributed by atoms with Crippen molar-refractivity contribution in [2.24, 2.45) is 5.92 Å². The smallest absolute Gasteiger partial charge is 0.311 e. The van der Waals surface area contributed by atoms with Gasteiger partial charge in [-0.1, -0.05) is 30.3 Å². The molecule has 0 bridgehead atoms. The van der Waals surface area contributed by atoms with Crippen LogP contribution >= 0.6 is 0 Å². The number of nitrogens with zero attached hydrogens (tertiary/aromatic N) is 1. The number of nitrogens with one attached hydrogen (secondary N) is 1. The van der Waals surface area contributed by atoms with Crippen LogP contribution in [-0.2, 0) is 25.7 Å². The molecule has 0 saturated carbocycles. The van der Waals surface area contributed by atoms with Crippen LogP contribution in [0, 0.1) is 5.92 Å². The topological polar surface area (TPSA) is 75.7 Å². The van der Waals surface area contributed by atoms with E-state index in [-0.39, 0.29) is 11.9 Å². The van der Waals surface area contributed by atoms with Crippen molar-refractivity contribution < 1.29 is 19.1 Å². The molecule has 1 aromatic carbocycles. The van der Waals surface area contributed by atoms with Crippen LogP contribution in [0.3, 0.4) is 0 Å². The summed E-state index contributed by atoms with van der Waals surface area (Å²) in [6.45, 7) is 3.26. The summed E-state index contributed by atoms with van der Waals surface area (Å²) in [7, 11) is 0. The number of benzene rings is 1. The van der Waals surface area contributed by atoms with E-state index in [1.807, 2.05) is 30.3 Å². The minimum absolute atomic E-state index is 0.175. The molecule has 1 aliphatic rings. The third kappa shape index (κ3) is 4.81. The molecule has 6 heteroatoms. The molecule has 1 fully saturated rings. The van der Waals surface area contributed by atoms with Gasteiger partial charge in [0.15, 0.2) is 0 Å². The van der Waals surface area contributed by atoms with Crippen LogP contribution in [0.5, 0.6) is 0 Å². The Morgan fingerprint density at radius 3 is 2.43 bits per heavy atom. The summed E-state index contributed by atoms with van der Waals surface area (Å²) >= 11 is 0. The Balaban J connectivity index is 1.78. The maximum absolute atomic E-state index is 12.1. The minimum atomic E-state index is -0.608. The molecule has 0 spiro atoms. The number of piperidine rings is 1. The number of hydrogen-bond donors (Lipinski definition) is 1. The molecule has 1 heterocycles. The van der Waals surface area contributed by atoms with Gasteiger partial charge < -0.3 is 15.0 Å². The van der Waals surface area contributed by atoms with E-state index < -0.39 is 11.8 Å². The molecule has 1 saturated heterocycles. The lowest BCUT2D eigenvalue weighted by Gasteiger charge is -2.30. The Morgan fingerprint density at radius 2 is 1.83 bits per heavy atom. The molecule has 1 aromatic rings. The van der Waals surface area contributed by atoms with Gasteiger partial charge in [0.25, 0.3) is 0 Å². The number of ether oxygens (including phenoxy) is 1. The molecule has 1 N–H and O–H groups in total. The number of likely N-dealkylation sites (tertiary alicyclic amines) is 1. The highest BCUT2D eigenvalue weighted by Gasteiger charge is 2.30. The van der Waals surface area contributed by atoms with Crippen LogP contribution in [0.2, 0.25) is 0 Å². The fraction of sp³-hybridized carbons (Fsp3) is 0.471. The third-order valence-corrected chi connectivity index (χ3v) is 3.89. The van der Waals surface area contributed by atoms with Crippen LogP contribution in [0.1, 0.15) is 25.3 Å². The van der Waals surface area contributed by atoms with Crippen molar-refractivity contribution in [1.82, 2.24) is 10.2 Å². The van der Waals surface area contributed by atoms with Gasteiger partial charge in [-0.2, -0.15) is 0 Å². The first-order chi connectivity index (χ1) is 11.1. The maximum Gasteiger partial charge on any atom is 0.311 e. The highest BCUT2D eigenvalue weighted by molar-refractivity contribution is 6.35. The first-order valence-corrected chi connectivity index (χ1v) is 7.89. The summed E-state index contributed by atoms with van der Waals surface area (Å²) < 4.78 is 4.99. The number of hydrogen-bond acceptors (Lipinski definition) is 4. The lowest BCUT2D eigenvalue weighted by molar-refractivity contribution is -0.152. The number of carbonyl (C=O) groups excluding carboxylic acids is 3. The van der Waals surface area contributed by atoms with Crippen molar-refractivity contribution in [3.05, 3.63) is 35.9 Å². The quantitative estimate of drug-likeness (QED) is 0.666. The number of amides is 2. The van der Waals surface area contributed by atoms with Gasteiger partial charge in [-0.3, -0.25) is 14.4 Å². The second kappa shape index (κ2) is 8.31. The first-order valence-electron chi connectivity index (χ1n) is 7.89. The molecule has 0 aromatic heterocycles. The van der Waals surface area contributed by atoms with Crippen molar-refractivity contribution >= 4 is 17.8 Å². The largest absolute Gasteiger partial charge is 0.466 e. The van der Waals surface area contributed by atoms with Gasteiger partial charge in [-0.05, 0) is 25.3 Å². The summed E-state index contributed by atoms with van der Waals surface area (Å²) in [5.74, 6) is -1.54. The van der Waals surface area contributed by atoms with Gasteiger partial charge in [-0.15, -0.1) is 0 Å². The van der Waals surface area contributed by atoms with E-state index in [4.69, 9.17) is 4.74 Å². The predicted molar refractivity (Wildman–Crippen MR) is 84.2 cm³/mol. The summed E-state index contributed by atoms with van der Waals surface area (Å²) in [4.78, 5) is 37.2. The Hall–Kier alpha value is -2.37. The van der Waals surface area contributed by atoms with Gasteiger partial charge in [0.2, 0.25) is 0 Å². The molecular formula is C17H22N2O4. The molecule has 23 heavy (non-hydrogen) atoms. The number of rotatable bonds is 4. The van der Waals surface area contributed by atoms with E-state index >= 15 is 0 Å². The van der Waals surface area contributed by atoms with Gasteiger partial charge in [0.1, 0.15) is 0 Å². The molecule has 1 aliphatic heterocycles. The van der Waals surface area contributed by atoms with Gasteiger partial charge in [0.05, 0.1) is 12.5 Å². The lowest BCUT2D eigenvalue weighted by Crippen LogP contribution is -2.47. The maximum atomic E-state index is 12.1. The fourth-order valence-corrected chi connectivity index (χ4v) is 2.58. The van der Waals surface area contributed by atoms with Gasteiger partial charge in [-0.25, -0.2) is 0 Å². The van der Waals surface area contributed by atoms with Crippen molar-refractivity contribution in [1.29, 1.82) is 0 Å². The van der Waals surface area contributed by atoms with Crippen molar-refractivity contribution in [3.8, 4) is 0 Å². The van der Waals surface area contributed by atoms with Crippen LogP contribution < -0.4 is 5.32 Å². The van der Waals surface area contributed by atoms with Crippen LogP contribution in [0.15, 0.2) is 30.3 Å². The molecule has 0 unspecified atom stereocenters. The van der Waals surface area contributed by atoms with E-state index in [9.17, 15) is 14.4 Å². The zero-order chi connectivity index (χ0) is 16.7. The predicted octanol–water partition coefficient (Wildman–Crippen LogP) is 1.10. The molecule has 6 nitrogen and oxygen atoms in total. The molecule has 0 aliphatic carbocycles. The van der Waals surface area contributed by atoms with E-state index in [0.717, 1.165) is 5.56 Å². The average molecular weight is 318 g/mol. The van der Waals surface area contributed by atoms with Crippen LogP contribution in [0.4, 0.5) is 0 Å². The summed E-state index contributed by atoms with van der Waals surface area (Å²) in [6.07, 6.45) is 1.08. The highest BCUT2D eigenvalue weighted by atomic mass is 16.5. The Labute approximate surface area is 135 Å². The zero-order valence-corrected chi connectivity index (χ0v) is 13.3. The monoisotopic (exact) mass is 318 g/mol. The van der Waals surface area contributed by atoms with E-state index in [0.29, 0.717) is 39.1 Å². The van der Waals surface area contributed by atoms with Gasteiger partial charge >= 0.3 is 17.8 Å². The Kier molecular flexibility index (Phi) is 6.14. The normalized spacial score (nSPS) is 15.1. The third-order valence-electron chi connectivity index (χ3n) is 3.89. The second-order valence-corrected chi connectivity index (χ2v) is 5.49. The Morgan fingerprint density at radius 1 is 1.17 bits per heavy atom. The summed E-state index contributed by atoms with van der Waals surface area (Å²) in [5.41, 5.74) is 0.940. The molecule has 2 amide bonds. The molecule has 2 rings (SSSR count). The van der Waals surface area contributed by atoms with Crippen molar-refractivity contribution in [3.63, 3.8) is 0 Å². The van der Waals surface area contributed by atoms with Crippen LogP contribution in [0.25, 0.3) is 0 Å². The van der Waals surface area contributed by atoms with E-state index in [1.54, 1.807) is 6.92 Å². The Bertz CT molecular complexity index is 551. The van der Waals surface area contributed by atoms with E-state index in [2.05, 4.69) is 5.32 Å². The summed E-state index contributed by atoms with van der Waals surface area (Å²) in [6, 6.07) is 9.42. The fourth-order valence-electron chi connectivity index (χ4n) is 2.58. The van der Waals surface area contributed by atoms with E-state index in [1.165, 1.54) is 4.90 Å². The van der Waals surface area contributed by atoms with Crippen molar-refractivity contribution in [2.75, 3.05) is 19.7 Å². The van der Waals surface area contributed by atoms with Gasteiger partial charge in [0, 0.05) is 19.6 Å². The first kappa shape index (κ1) is 17.0. The number of esters is 1. The standard InChI is InChI=1S/C17H22N2O4/c1-2-23-17(22)14-8-10-19(11-9-14)16(21)15(20)18-12-13-6-4-3-5-7-13/h3-7,14H,2,8-12H2,1H3,(H,18,20). The van der Waals surface area contributed by atoms with Crippen molar-refractivity contribution in [2.45, 2.75) is 26.3 Å². The van der Waals surface area contributed by atoms with Crippen LogP contribution in [-0.4, -0.2) is 42.4 Å². The molecular weight excluding hydrogens is 296 g/mol. The minimum Gasteiger partial charge on any atom is -0.466 e. The molecule has 124 valence electrons. The molecule has 0 radical (unpaired) electrons. The highest BCUT2D eigenvalue weighted by Crippen LogP contribution is 2.18. The SMILES string of the molecule is CCOC(=O)C1CCN(C(=O)C(=O)NCc2ccccc2)CC1. The summed E-state index contributed by atoms with van der Waals surface area (Å²) in [5, 5.41) is 2.63. The second-order valence-electron chi connectivity index (χ2n) is 5.49. The zero-order valence-electron chi connectivity index (χ0n) is 13.3. The molecule has 0 atom stereocenters. The lowest BCUT2D eigenvalue weighted by atomic mass is 9.97. The number of carbonyl (C=O) groups is 3.